The predicted molar refractivity (Wildman–Crippen MR) is 86.8 cm³/mol. The number of carbonyl (C=O) groups excluding carboxylic acids is 1. The SMILES string of the molecule is Cc1cccnc1[C@H]1CCCN1C(=O)c1cc(Cl)c(O)cc1O. The first-order valence-electron chi connectivity index (χ1n) is 7.43. The highest BCUT2D eigenvalue weighted by Gasteiger charge is 2.33. The smallest absolute Gasteiger partial charge is 0.258 e. The molecule has 1 aromatic heterocycles. The fraction of sp³-hybridized carbons (Fsp3) is 0.294. The molecule has 1 fully saturated rings. The molecule has 2 heterocycles. The number of phenols is 2. The van der Waals surface area contributed by atoms with Crippen LogP contribution in [-0.4, -0.2) is 32.5 Å². The molecule has 0 aliphatic carbocycles. The maximum atomic E-state index is 12.8. The summed E-state index contributed by atoms with van der Waals surface area (Å²) in [7, 11) is 0. The van der Waals surface area contributed by atoms with E-state index in [0.29, 0.717) is 6.54 Å². The number of likely N-dealkylation sites (tertiary alicyclic amines) is 1. The zero-order chi connectivity index (χ0) is 16.6. The van der Waals surface area contributed by atoms with Crippen LogP contribution in [0.3, 0.4) is 0 Å². The molecule has 2 N–H and O–H groups in total. The summed E-state index contributed by atoms with van der Waals surface area (Å²) < 4.78 is 0. The number of aryl methyl sites for hydroxylation is 1. The van der Waals surface area contributed by atoms with Crippen molar-refractivity contribution in [2.45, 2.75) is 25.8 Å². The molecule has 6 heteroatoms. The first kappa shape index (κ1) is 15.6. The van der Waals surface area contributed by atoms with Gasteiger partial charge < -0.3 is 15.1 Å². The van der Waals surface area contributed by atoms with Gasteiger partial charge in [0.1, 0.15) is 11.5 Å². The third kappa shape index (κ3) is 2.84. The van der Waals surface area contributed by atoms with E-state index in [0.717, 1.165) is 30.2 Å². The molecule has 1 saturated heterocycles. The molecule has 1 aliphatic rings. The molecular formula is C17H17ClN2O3. The number of hydrogen-bond donors (Lipinski definition) is 2. The Bertz CT molecular complexity index is 763. The summed E-state index contributed by atoms with van der Waals surface area (Å²) in [6, 6.07) is 6.11. The first-order chi connectivity index (χ1) is 11.0. The molecule has 23 heavy (non-hydrogen) atoms. The normalized spacial score (nSPS) is 17.5. The van der Waals surface area contributed by atoms with E-state index in [1.165, 1.54) is 6.07 Å². The fourth-order valence-corrected chi connectivity index (χ4v) is 3.18. The number of aromatic hydroxyl groups is 2. The largest absolute Gasteiger partial charge is 0.507 e. The minimum Gasteiger partial charge on any atom is -0.507 e. The van der Waals surface area contributed by atoms with Gasteiger partial charge in [0.15, 0.2) is 0 Å². The van der Waals surface area contributed by atoms with Crippen molar-refractivity contribution in [3.05, 3.63) is 52.3 Å². The Morgan fingerprint density at radius 3 is 2.87 bits per heavy atom. The Morgan fingerprint density at radius 1 is 1.35 bits per heavy atom. The topological polar surface area (TPSA) is 73.7 Å². The summed E-state index contributed by atoms with van der Waals surface area (Å²) in [5.74, 6) is -0.837. The molecule has 0 saturated carbocycles. The Kier molecular flexibility index (Phi) is 4.13. The quantitative estimate of drug-likeness (QED) is 0.883. The third-order valence-corrected chi connectivity index (χ3v) is 4.48. The van der Waals surface area contributed by atoms with Gasteiger partial charge in [0, 0.05) is 18.8 Å². The van der Waals surface area contributed by atoms with Crippen molar-refractivity contribution >= 4 is 17.5 Å². The molecule has 0 radical (unpaired) electrons. The molecule has 120 valence electrons. The van der Waals surface area contributed by atoms with Gasteiger partial charge in [0.2, 0.25) is 0 Å². The minimum atomic E-state index is -0.308. The Balaban J connectivity index is 1.96. The lowest BCUT2D eigenvalue weighted by Crippen LogP contribution is -2.31. The summed E-state index contributed by atoms with van der Waals surface area (Å²) >= 11 is 5.87. The molecule has 5 nitrogen and oxygen atoms in total. The van der Waals surface area contributed by atoms with Crippen LogP contribution < -0.4 is 0 Å². The molecular weight excluding hydrogens is 316 g/mol. The van der Waals surface area contributed by atoms with Crippen LogP contribution in [-0.2, 0) is 0 Å². The van der Waals surface area contributed by atoms with Gasteiger partial charge in [-0.25, -0.2) is 0 Å². The van der Waals surface area contributed by atoms with E-state index in [9.17, 15) is 15.0 Å². The van der Waals surface area contributed by atoms with Crippen molar-refractivity contribution in [2.75, 3.05) is 6.54 Å². The van der Waals surface area contributed by atoms with Crippen molar-refractivity contribution in [3.8, 4) is 11.5 Å². The summed E-state index contributed by atoms with van der Waals surface area (Å²) in [6.45, 7) is 2.57. The third-order valence-electron chi connectivity index (χ3n) is 4.17. The number of benzene rings is 1. The molecule has 0 bridgehead atoms. The van der Waals surface area contributed by atoms with Crippen molar-refractivity contribution in [2.24, 2.45) is 0 Å². The number of carbonyl (C=O) groups is 1. The lowest BCUT2D eigenvalue weighted by Gasteiger charge is -2.25. The van der Waals surface area contributed by atoms with Gasteiger partial charge in [0.05, 0.1) is 22.3 Å². The summed E-state index contributed by atoms with van der Waals surface area (Å²) in [4.78, 5) is 18.9. The van der Waals surface area contributed by atoms with E-state index in [1.807, 2.05) is 19.1 Å². The van der Waals surface area contributed by atoms with Gasteiger partial charge in [-0.3, -0.25) is 9.78 Å². The molecule has 0 spiro atoms. The van der Waals surface area contributed by atoms with Gasteiger partial charge in [0.25, 0.3) is 5.91 Å². The maximum absolute atomic E-state index is 12.8. The van der Waals surface area contributed by atoms with Crippen LogP contribution in [0.4, 0.5) is 0 Å². The van der Waals surface area contributed by atoms with E-state index >= 15 is 0 Å². The highest BCUT2D eigenvalue weighted by atomic mass is 35.5. The average Bonchev–Trinajstić information content (AvgIpc) is 3.00. The van der Waals surface area contributed by atoms with Gasteiger partial charge in [-0.05, 0) is 37.5 Å². The number of phenolic OH excluding ortho intramolecular Hbond substituents is 2. The fourth-order valence-electron chi connectivity index (χ4n) is 3.02. The highest BCUT2D eigenvalue weighted by Crippen LogP contribution is 2.37. The average molecular weight is 333 g/mol. The number of pyridine rings is 1. The Labute approximate surface area is 139 Å². The lowest BCUT2D eigenvalue weighted by atomic mass is 10.0. The minimum absolute atomic E-state index is 0.0379. The van der Waals surface area contributed by atoms with Crippen molar-refractivity contribution in [3.63, 3.8) is 0 Å². The Hall–Kier alpha value is -2.27. The first-order valence-corrected chi connectivity index (χ1v) is 7.81. The monoisotopic (exact) mass is 332 g/mol. The van der Waals surface area contributed by atoms with Gasteiger partial charge in [-0.2, -0.15) is 0 Å². The molecule has 1 aliphatic heterocycles. The van der Waals surface area contributed by atoms with Crippen LogP contribution in [0, 0.1) is 6.92 Å². The number of halogens is 1. The summed E-state index contributed by atoms with van der Waals surface area (Å²) in [5.41, 5.74) is 2.00. The van der Waals surface area contributed by atoms with Crippen molar-refractivity contribution in [1.29, 1.82) is 0 Å². The van der Waals surface area contributed by atoms with Gasteiger partial charge in [-0.1, -0.05) is 17.7 Å². The van der Waals surface area contributed by atoms with Crippen LogP contribution >= 0.6 is 11.6 Å². The second kappa shape index (κ2) is 6.08. The van der Waals surface area contributed by atoms with Crippen LogP contribution in [0.15, 0.2) is 30.5 Å². The lowest BCUT2D eigenvalue weighted by molar-refractivity contribution is 0.0729. The zero-order valence-corrected chi connectivity index (χ0v) is 13.4. The Morgan fingerprint density at radius 2 is 2.13 bits per heavy atom. The number of hydrogen-bond acceptors (Lipinski definition) is 4. The molecule has 1 amide bonds. The highest BCUT2D eigenvalue weighted by molar-refractivity contribution is 6.32. The second-order valence-electron chi connectivity index (χ2n) is 5.68. The van der Waals surface area contributed by atoms with Crippen LogP contribution in [0.2, 0.25) is 5.02 Å². The number of rotatable bonds is 2. The molecule has 3 rings (SSSR count). The predicted octanol–water partition coefficient (Wildman–Crippen LogP) is 3.43. The standard InChI is InChI=1S/C17H17ClN2O3/c1-10-4-2-6-19-16(10)13-5-3-7-20(13)17(23)11-8-12(18)15(22)9-14(11)21/h2,4,6,8-9,13,21-22H,3,5,7H2,1H3/t13-/m1/s1. The van der Waals surface area contributed by atoms with Crippen LogP contribution in [0.25, 0.3) is 0 Å². The molecule has 1 atom stereocenters. The number of amides is 1. The van der Waals surface area contributed by atoms with E-state index in [2.05, 4.69) is 4.98 Å². The van der Waals surface area contributed by atoms with E-state index in [-0.39, 0.29) is 34.0 Å². The van der Waals surface area contributed by atoms with E-state index in [4.69, 9.17) is 11.6 Å². The van der Waals surface area contributed by atoms with Gasteiger partial charge >= 0.3 is 0 Å². The molecule has 2 aromatic rings. The number of aromatic nitrogens is 1. The van der Waals surface area contributed by atoms with E-state index in [1.54, 1.807) is 11.1 Å². The van der Waals surface area contributed by atoms with Crippen molar-refractivity contribution in [1.82, 2.24) is 9.88 Å². The van der Waals surface area contributed by atoms with Crippen LogP contribution in [0.5, 0.6) is 11.5 Å². The summed E-state index contributed by atoms with van der Waals surface area (Å²) in [5, 5.41) is 19.5. The van der Waals surface area contributed by atoms with Crippen molar-refractivity contribution < 1.29 is 15.0 Å². The second-order valence-corrected chi connectivity index (χ2v) is 6.09. The maximum Gasteiger partial charge on any atom is 0.258 e. The number of nitrogens with zero attached hydrogens (tertiary/aromatic N) is 2. The zero-order valence-electron chi connectivity index (χ0n) is 12.7. The molecule has 0 unspecified atom stereocenters. The van der Waals surface area contributed by atoms with Crippen LogP contribution in [0.1, 0.15) is 40.5 Å². The van der Waals surface area contributed by atoms with E-state index < -0.39 is 0 Å². The van der Waals surface area contributed by atoms with Gasteiger partial charge in [-0.15, -0.1) is 0 Å². The molecule has 1 aromatic carbocycles. The summed E-state index contributed by atoms with van der Waals surface area (Å²) in [6.07, 6.45) is 3.42.